The predicted molar refractivity (Wildman–Crippen MR) is 172 cm³/mol. The molecule has 2 nitrogen and oxygen atoms in total. The Labute approximate surface area is 239 Å². The molecule has 0 aliphatic carbocycles. The van der Waals surface area contributed by atoms with Gasteiger partial charge >= 0.3 is 0 Å². The van der Waals surface area contributed by atoms with Crippen LogP contribution >= 0.6 is 0 Å². The Balaban J connectivity index is 2.23. The van der Waals surface area contributed by atoms with Crippen molar-refractivity contribution in [3.05, 3.63) is 35.4 Å². The highest BCUT2D eigenvalue weighted by molar-refractivity contribution is 5.28. The third kappa shape index (κ3) is 18.4. The van der Waals surface area contributed by atoms with E-state index in [9.17, 15) is 0 Å². The summed E-state index contributed by atoms with van der Waals surface area (Å²) in [5.41, 5.74) is 2.94. The quantitative estimate of drug-likeness (QED) is 0.106. The van der Waals surface area contributed by atoms with Crippen molar-refractivity contribution >= 4 is 0 Å². The van der Waals surface area contributed by atoms with Crippen molar-refractivity contribution < 1.29 is 0 Å². The van der Waals surface area contributed by atoms with Gasteiger partial charge in [-0.05, 0) is 38.1 Å². The van der Waals surface area contributed by atoms with Crippen molar-refractivity contribution in [1.82, 2.24) is 10.6 Å². The van der Waals surface area contributed by atoms with Crippen LogP contribution in [0.5, 0.6) is 0 Å². The second-order valence-corrected chi connectivity index (χ2v) is 12.0. The lowest BCUT2D eigenvalue weighted by molar-refractivity contribution is 0.484. The van der Waals surface area contributed by atoms with Gasteiger partial charge in [-0.25, -0.2) is 0 Å². The largest absolute Gasteiger partial charge is 0.313 e. The second kappa shape index (κ2) is 26.4. The SMILES string of the molecule is CCCCCCCCCCCCCC(NC)c1cccc(C(CCCCCCCCCCCCC)NC)c1. The van der Waals surface area contributed by atoms with Crippen LogP contribution in [0.1, 0.15) is 191 Å². The van der Waals surface area contributed by atoms with Gasteiger partial charge in [-0.15, -0.1) is 0 Å². The maximum absolute atomic E-state index is 3.61. The third-order valence-electron chi connectivity index (χ3n) is 8.61. The molecule has 0 radical (unpaired) electrons. The smallest absolute Gasteiger partial charge is 0.0317 e. The highest BCUT2D eigenvalue weighted by Crippen LogP contribution is 2.26. The van der Waals surface area contributed by atoms with Gasteiger partial charge in [-0.1, -0.05) is 179 Å². The maximum Gasteiger partial charge on any atom is 0.0317 e. The van der Waals surface area contributed by atoms with E-state index >= 15 is 0 Å². The molecular formula is C36H68N2. The molecule has 0 saturated carbocycles. The molecule has 222 valence electrons. The molecule has 2 heteroatoms. The van der Waals surface area contributed by atoms with E-state index in [0.29, 0.717) is 12.1 Å². The van der Waals surface area contributed by atoms with Crippen LogP contribution in [-0.4, -0.2) is 14.1 Å². The summed E-state index contributed by atoms with van der Waals surface area (Å²) in [5, 5.41) is 7.22. The number of rotatable bonds is 28. The molecule has 2 atom stereocenters. The van der Waals surface area contributed by atoms with E-state index in [-0.39, 0.29) is 0 Å². The zero-order valence-corrected chi connectivity index (χ0v) is 26.4. The summed E-state index contributed by atoms with van der Waals surface area (Å²) in [6.45, 7) is 4.60. The highest BCUT2D eigenvalue weighted by Gasteiger charge is 2.13. The van der Waals surface area contributed by atoms with E-state index < -0.39 is 0 Å². The van der Waals surface area contributed by atoms with Crippen molar-refractivity contribution in [3.63, 3.8) is 0 Å². The van der Waals surface area contributed by atoms with Crippen LogP contribution in [0.3, 0.4) is 0 Å². The summed E-state index contributed by atoms with van der Waals surface area (Å²) in [6, 6.07) is 10.4. The summed E-state index contributed by atoms with van der Waals surface area (Å²) >= 11 is 0. The lowest BCUT2D eigenvalue weighted by Gasteiger charge is -2.21. The topological polar surface area (TPSA) is 24.1 Å². The van der Waals surface area contributed by atoms with Crippen molar-refractivity contribution in [1.29, 1.82) is 0 Å². The van der Waals surface area contributed by atoms with Crippen LogP contribution in [0.4, 0.5) is 0 Å². The van der Waals surface area contributed by atoms with Gasteiger partial charge in [-0.2, -0.15) is 0 Å². The van der Waals surface area contributed by atoms with E-state index in [1.165, 1.54) is 165 Å². The molecule has 0 fully saturated rings. The lowest BCUT2D eigenvalue weighted by atomic mass is 9.94. The van der Waals surface area contributed by atoms with Crippen molar-refractivity contribution in [2.45, 2.75) is 180 Å². The van der Waals surface area contributed by atoms with Gasteiger partial charge in [-0.3, -0.25) is 0 Å². The fraction of sp³-hybridized carbons (Fsp3) is 0.833. The standard InChI is InChI=1S/C36H68N2/c1-5-7-9-11-13-15-17-19-21-23-25-30-35(37-3)33-28-27-29-34(32-33)36(38-4)31-26-24-22-20-18-16-14-12-10-8-6-2/h27-29,32,35-38H,5-26,30-31H2,1-4H3. The van der Waals surface area contributed by atoms with E-state index in [0.717, 1.165) is 0 Å². The maximum atomic E-state index is 3.61. The van der Waals surface area contributed by atoms with Crippen molar-refractivity contribution in [2.75, 3.05) is 14.1 Å². The van der Waals surface area contributed by atoms with E-state index in [1.54, 1.807) is 0 Å². The normalized spacial score (nSPS) is 13.2. The Morgan fingerprint density at radius 3 is 1.03 bits per heavy atom. The number of hydrogen-bond acceptors (Lipinski definition) is 2. The van der Waals surface area contributed by atoms with E-state index in [4.69, 9.17) is 0 Å². The van der Waals surface area contributed by atoms with Gasteiger partial charge in [0.2, 0.25) is 0 Å². The van der Waals surface area contributed by atoms with E-state index in [2.05, 4.69) is 62.8 Å². The van der Waals surface area contributed by atoms with Crippen LogP contribution in [0, 0.1) is 0 Å². The Bertz CT molecular complexity index is 564. The summed E-state index contributed by atoms with van der Waals surface area (Å²) in [7, 11) is 4.27. The van der Waals surface area contributed by atoms with Crippen LogP contribution in [0.25, 0.3) is 0 Å². The zero-order chi connectivity index (χ0) is 27.5. The van der Waals surface area contributed by atoms with Gasteiger partial charge in [0.25, 0.3) is 0 Å². The third-order valence-corrected chi connectivity index (χ3v) is 8.61. The van der Waals surface area contributed by atoms with Crippen molar-refractivity contribution in [2.24, 2.45) is 0 Å². The zero-order valence-electron chi connectivity index (χ0n) is 26.4. The Morgan fingerprint density at radius 2 is 0.737 bits per heavy atom. The second-order valence-electron chi connectivity index (χ2n) is 12.0. The molecular weight excluding hydrogens is 460 g/mol. The molecule has 1 aromatic rings. The molecule has 0 amide bonds. The molecule has 0 heterocycles. The first-order valence-electron chi connectivity index (χ1n) is 17.2. The molecule has 0 aliphatic heterocycles. The fourth-order valence-corrected chi connectivity index (χ4v) is 5.97. The summed E-state index contributed by atoms with van der Waals surface area (Å²) in [6.07, 6.45) is 33.6. The minimum absolute atomic E-state index is 0.480. The number of unbranched alkanes of at least 4 members (excludes halogenated alkanes) is 20. The molecule has 0 spiro atoms. The van der Waals surface area contributed by atoms with E-state index in [1.807, 2.05) is 0 Å². The number of hydrogen-bond donors (Lipinski definition) is 2. The Hall–Kier alpha value is -0.860. The van der Waals surface area contributed by atoms with Gasteiger partial charge in [0.15, 0.2) is 0 Å². The van der Waals surface area contributed by atoms with Crippen molar-refractivity contribution in [3.8, 4) is 0 Å². The van der Waals surface area contributed by atoms with Gasteiger partial charge in [0.05, 0.1) is 0 Å². The van der Waals surface area contributed by atoms with Gasteiger partial charge < -0.3 is 10.6 Å². The van der Waals surface area contributed by atoms with Gasteiger partial charge in [0, 0.05) is 12.1 Å². The number of nitrogens with one attached hydrogen (secondary N) is 2. The van der Waals surface area contributed by atoms with Crippen LogP contribution in [0.15, 0.2) is 24.3 Å². The van der Waals surface area contributed by atoms with Crippen LogP contribution < -0.4 is 10.6 Å². The average molecular weight is 529 g/mol. The summed E-state index contributed by atoms with van der Waals surface area (Å²) < 4.78 is 0. The molecule has 2 N–H and O–H groups in total. The van der Waals surface area contributed by atoms with Gasteiger partial charge in [0.1, 0.15) is 0 Å². The first kappa shape index (κ1) is 35.2. The van der Waals surface area contributed by atoms with Crippen LogP contribution in [-0.2, 0) is 0 Å². The molecule has 1 rings (SSSR count). The molecule has 0 aromatic heterocycles. The fourth-order valence-electron chi connectivity index (χ4n) is 5.97. The first-order valence-corrected chi connectivity index (χ1v) is 17.2. The minimum Gasteiger partial charge on any atom is -0.313 e. The first-order chi connectivity index (χ1) is 18.8. The predicted octanol–water partition coefficient (Wildman–Crippen LogP) is 11.6. The lowest BCUT2D eigenvalue weighted by Crippen LogP contribution is -2.19. The molecule has 0 bridgehead atoms. The summed E-state index contributed by atoms with van der Waals surface area (Å²) in [5.74, 6) is 0. The molecule has 1 aromatic carbocycles. The minimum atomic E-state index is 0.480. The monoisotopic (exact) mass is 529 g/mol. The highest BCUT2D eigenvalue weighted by atomic mass is 14.9. The number of benzene rings is 1. The molecule has 0 aliphatic rings. The molecule has 38 heavy (non-hydrogen) atoms. The molecule has 2 unspecified atom stereocenters. The Morgan fingerprint density at radius 1 is 0.447 bits per heavy atom. The summed E-state index contributed by atoms with van der Waals surface area (Å²) in [4.78, 5) is 0. The molecule has 0 saturated heterocycles. The Kier molecular flexibility index (Phi) is 24.4. The average Bonchev–Trinajstić information content (AvgIpc) is 2.94. The van der Waals surface area contributed by atoms with Crippen LogP contribution in [0.2, 0.25) is 0 Å².